The molecule has 0 atom stereocenters. The van der Waals surface area contributed by atoms with Crippen molar-refractivity contribution in [2.75, 3.05) is 25.5 Å². The topological polar surface area (TPSA) is 84.6 Å². The van der Waals surface area contributed by atoms with Crippen molar-refractivity contribution in [3.8, 4) is 5.75 Å². The Labute approximate surface area is 175 Å². The summed E-state index contributed by atoms with van der Waals surface area (Å²) in [4.78, 5) is 14.7. The number of para-hydroxylation sites is 1. The Morgan fingerprint density at radius 3 is 2.67 bits per heavy atom. The number of benzene rings is 1. The van der Waals surface area contributed by atoms with Crippen molar-refractivity contribution >= 4 is 17.4 Å². The van der Waals surface area contributed by atoms with Crippen molar-refractivity contribution in [1.29, 1.82) is 0 Å². The predicted octanol–water partition coefficient (Wildman–Crippen LogP) is 2.66. The van der Waals surface area contributed by atoms with Gasteiger partial charge in [0.15, 0.2) is 11.5 Å². The lowest BCUT2D eigenvalue weighted by Gasteiger charge is -2.32. The number of nitrogens with zero attached hydrogens (tertiary/aromatic N) is 5. The first-order chi connectivity index (χ1) is 14.7. The standard InChI is InChI=1S/C22H26N6O2/c1-30-18-5-3-2-4-16(18)14-21(29)27-12-10-17(11-13-27)23-19-8-9-20-24-25-22(15-6-7-15)28(20)26-19/h2-5,8-9,15,17H,6-7,10-14H2,1H3,(H,23,26). The average Bonchev–Trinajstić information content (AvgIpc) is 3.54. The summed E-state index contributed by atoms with van der Waals surface area (Å²) in [6.45, 7) is 1.49. The number of hydrogen-bond donors (Lipinski definition) is 1. The molecule has 8 heteroatoms. The molecule has 3 aromatic rings. The average molecular weight is 406 g/mol. The SMILES string of the molecule is COc1ccccc1CC(=O)N1CCC(Nc2ccc3nnc(C4CC4)n3n2)CC1. The highest BCUT2D eigenvalue weighted by Crippen LogP contribution is 2.38. The molecule has 1 saturated carbocycles. The maximum Gasteiger partial charge on any atom is 0.227 e. The van der Waals surface area contributed by atoms with E-state index in [9.17, 15) is 4.79 Å². The maximum absolute atomic E-state index is 12.7. The fraction of sp³-hybridized carbons (Fsp3) is 0.455. The first kappa shape index (κ1) is 18.8. The second kappa shape index (κ2) is 7.93. The van der Waals surface area contributed by atoms with E-state index < -0.39 is 0 Å². The highest BCUT2D eigenvalue weighted by Gasteiger charge is 2.29. The fourth-order valence-corrected chi connectivity index (χ4v) is 4.08. The number of aromatic nitrogens is 4. The zero-order chi connectivity index (χ0) is 20.5. The van der Waals surface area contributed by atoms with Crippen LogP contribution in [0.3, 0.4) is 0 Å². The molecule has 2 aromatic heterocycles. The zero-order valence-corrected chi connectivity index (χ0v) is 17.1. The number of amides is 1. The third-order valence-electron chi connectivity index (χ3n) is 5.96. The smallest absolute Gasteiger partial charge is 0.227 e. The third kappa shape index (κ3) is 3.81. The van der Waals surface area contributed by atoms with Gasteiger partial charge in [-0.2, -0.15) is 4.52 Å². The molecule has 8 nitrogen and oxygen atoms in total. The third-order valence-corrected chi connectivity index (χ3v) is 5.96. The van der Waals surface area contributed by atoms with Crippen LogP contribution in [0, 0.1) is 0 Å². The number of nitrogens with one attached hydrogen (secondary N) is 1. The van der Waals surface area contributed by atoms with E-state index in [1.165, 1.54) is 12.8 Å². The van der Waals surface area contributed by atoms with Crippen molar-refractivity contribution < 1.29 is 9.53 Å². The molecule has 1 amide bonds. The molecule has 0 bridgehead atoms. The van der Waals surface area contributed by atoms with Gasteiger partial charge in [0, 0.05) is 30.6 Å². The van der Waals surface area contributed by atoms with Crippen LogP contribution in [0.4, 0.5) is 5.82 Å². The molecule has 1 aromatic carbocycles. The second-order valence-electron chi connectivity index (χ2n) is 8.11. The summed E-state index contributed by atoms with van der Waals surface area (Å²) in [5.74, 6) is 3.22. The lowest BCUT2D eigenvalue weighted by atomic mass is 10.0. The minimum absolute atomic E-state index is 0.149. The normalized spacial score (nSPS) is 17.3. The molecule has 2 fully saturated rings. The first-order valence-corrected chi connectivity index (χ1v) is 10.6. The zero-order valence-electron chi connectivity index (χ0n) is 17.1. The number of hydrogen-bond acceptors (Lipinski definition) is 6. The van der Waals surface area contributed by atoms with Crippen LogP contribution in [0.1, 0.15) is 43.0 Å². The van der Waals surface area contributed by atoms with Crippen molar-refractivity contribution in [3.63, 3.8) is 0 Å². The molecular weight excluding hydrogens is 380 g/mol. The number of anilines is 1. The summed E-state index contributed by atoms with van der Waals surface area (Å²) >= 11 is 0. The highest BCUT2D eigenvalue weighted by atomic mass is 16.5. The van der Waals surface area contributed by atoms with E-state index in [0.717, 1.165) is 54.5 Å². The van der Waals surface area contributed by atoms with Gasteiger partial charge in [-0.3, -0.25) is 4.79 Å². The van der Waals surface area contributed by atoms with E-state index in [1.807, 2.05) is 45.8 Å². The molecule has 5 rings (SSSR count). The molecule has 0 radical (unpaired) electrons. The van der Waals surface area contributed by atoms with Crippen LogP contribution in [0.25, 0.3) is 5.65 Å². The Kier molecular flexibility index (Phi) is 4.98. The van der Waals surface area contributed by atoms with E-state index in [-0.39, 0.29) is 5.91 Å². The minimum atomic E-state index is 0.149. The van der Waals surface area contributed by atoms with Gasteiger partial charge in [0.05, 0.1) is 13.5 Å². The summed E-state index contributed by atoms with van der Waals surface area (Å²) in [6, 6.07) is 11.9. The molecule has 1 N–H and O–H groups in total. The molecule has 1 saturated heterocycles. The minimum Gasteiger partial charge on any atom is -0.496 e. The molecule has 0 spiro atoms. The van der Waals surface area contributed by atoms with Gasteiger partial charge in [-0.15, -0.1) is 15.3 Å². The molecule has 156 valence electrons. The summed E-state index contributed by atoms with van der Waals surface area (Å²) in [5.41, 5.74) is 1.72. The van der Waals surface area contributed by atoms with Gasteiger partial charge < -0.3 is 15.0 Å². The number of likely N-dealkylation sites (tertiary alicyclic amines) is 1. The summed E-state index contributed by atoms with van der Waals surface area (Å²) < 4.78 is 7.24. The second-order valence-corrected chi connectivity index (χ2v) is 8.11. The maximum atomic E-state index is 12.7. The quantitative estimate of drug-likeness (QED) is 0.678. The number of fused-ring (bicyclic) bond motifs is 1. The van der Waals surface area contributed by atoms with E-state index in [4.69, 9.17) is 9.84 Å². The number of ether oxygens (including phenoxy) is 1. The van der Waals surface area contributed by atoms with Gasteiger partial charge >= 0.3 is 0 Å². The monoisotopic (exact) mass is 406 g/mol. The molecule has 2 aliphatic rings. The van der Waals surface area contributed by atoms with Gasteiger partial charge in [-0.05, 0) is 43.9 Å². The van der Waals surface area contributed by atoms with Crippen LogP contribution >= 0.6 is 0 Å². The number of methoxy groups -OCH3 is 1. The molecule has 3 heterocycles. The number of carbonyl (C=O) groups is 1. The van der Waals surface area contributed by atoms with Crippen LogP contribution in [-0.4, -0.2) is 56.9 Å². The number of piperidine rings is 1. The molecule has 0 unspecified atom stereocenters. The molecular formula is C22H26N6O2. The van der Waals surface area contributed by atoms with E-state index >= 15 is 0 Å². The van der Waals surface area contributed by atoms with Crippen LogP contribution in [-0.2, 0) is 11.2 Å². The van der Waals surface area contributed by atoms with Gasteiger partial charge in [0.2, 0.25) is 5.91 Å². The Balaban J connectivity index is 1.18. The first-order valence-electron chi connectivity index (χ1n) is 10.6. The Bertz CT molecular complexity index is 1050. The van der Waals surface area contributed by atoms with E-state index in [2.05, 4.69) is 15.5 Å². The number of carbonyl (C=O) groups excluding carboxylic acids is 1. The lowest BCUT2D eigenvalue weighted by Crippen LogP contribution is -2.43. The predicted molar refractivity (Wildman–Crippen MR) is 113 cm³/mol. The molecule has 30 heavy (non-hydrogen) atoms. The fourth-order valence-electron chi connectivity index (χ4n) is 4.08. The van der Waals surface area contributed by atoms with Crippen molar-refractivity contribution in [2.24, 2.45) is 0 Å². The lowest BCUT2D eigenvalue weighted by molar-refractivity contribution is -0.131. The molecule has 1 aliphatic heterocycles. The summed E-state index contributed by atoms with van der Waals surface area (Å²) in [5, 5.41) is 16.7. The summed E-state index contributed by atoms with van der Waals surface area (Å²) in [7, 11) is 1.64. The van der Waals surface area contributed by atoms with Gasteiger partial charge in [0.25, 0.3) is 0 Å². The highest BCUT2D eigenvalue weighted by molar-refractivity contribution is 5.79. The van der Waals surface area contributed by atoms with Gasteiger partial charge in [-0.1, -0.05) is 18.2 Å². The van der Waals surface area contributed by atoms with Crippen molar-refractivity contribution in [2.45, 2.75) is 44.1 Å². The van der Waals surface area contributed by atoms with Crippen LogP contribution < -0.4 is 10.1 Å². The van der Waals surface area contributed by atoms with Crippen LogP contribution in [0.15, 0.2) is 36.4 Å². The van der Waals surface area contributed by atoms with Crippen LogP contribution in [0.2, 0.25) is 0 Å². The summed E-state index contributed by atoms with van der Waals surface area (Å²) in [6.07, 6.45) is 4.50. The van der Waals surface area contributed by atoms with E-state index in [1.54, 1.807) is 7.11 Å². The van der Waals surface area contributed by atoms with Gasteiger partial charge in [-0.25, -0.2) is 0 Å². The largest absolute Gasteiger partial charge is 0.496 e. The Hall–Kier alpha value is -3.16. The van der Waals surface area contributed by atoms with Gasteiger partial charge in [0.1, 0.15) is 11.6 Å². The van der Waals surface area contributed by atoms with Crippen molar-refractivity contribution in [1.82, 2.24) is 24.7 Å². The Morgan fingerprint density at radius 1 is 1.10 bits per heavy atom. The number of rotatable bonds is 6. The van der Waals surface area contributed by atoms with Crippen LogP contribution in [0.5, 0.6) is 5.75 Å². The van der Waals surface area contributed by atoms with E-state index in [0.29, 0.717) is 18.4 Å². The van der Waals surface area contributed by atoms with Crippen molar-refractivity contribution in [3.05, 3.63) is 47.8 Å². The molecule has 1 aliphatic carbocycles. The Morgan fingerprint density at radius 2 is 1.90 bits per heavy atom.